The minimum absolute atomic E-state index is 0.308. The van der Waals surface area contributed by atoms with Crippen molar-refractivity contribution in [1.82, 2.24) is 14.9 Å². The van der Waals surface area contributed by atoms with Crippen LogP contribution in [0.5, 0.6) is 5.88 Å². The second kappa shape index (κ2) is 5.93. The third kappa shape index (κ3) is 3.14. The van der Waals surface area contributed by atoms with E-state index in [1.807, 2.05) is 0 Å². The molecule has 0 saturated carbocycles. The Morgan fingerprint density at radius 3 is 2.71 bits per heavy atom. The van der Waals surface area contributed by atoms with E-state index in [-0.39, 0.29) is 0 Å². The van der Waals surface area contributed by atoms with Gasteiger partial charge in [-0.05, 0) is 31.8 Å². The van der Waals surface area contributed by atoms with Crippen LogP contribution < -0.4 is 4.74 Å². The maximum Gasteiger partial charge on any atom is 0.236 e. The van der Waals surface area contributed by atoms with Crippen LogP contribution in [0.1, 0.15) is 18.5 Å². The monoisotopic (exact) mass is 237 g/mol. The number of hydrogen-bond acceptors (Lipinski definition) is 5. The minimum Gasteiger partial charge on any atom is -0.480 e. The van der Waals surface area contributed by atoms with E-state index in [9.17, 15) is 0 Å². The molecule has 2 heterocycles. The highest BCUT2D eigenvalue weighted by Gasteiger charge is 2.20. The number of piperidine rings is 1. The molecular weight excluding hydrogens is 218 g/mol. The third-order valence-electron chi connectivity index (χ3n) is 3.27. The topological polar surface area (TPSA) is 58.5 Å². The summed E-state index contributed by atoms with van der Waals surface area (Å²) in [5, 5.41) is 9.09. The molecule has 0 atom stereocenters. The number of aromatic nitrogens is 2. The van der Waals surface area contributed by atoms with Crippen LogP contribution in [-0.4, -0.2) is 46.8 Å². The highest BCUT2D eigenvalue weighted by atomic mass is 16.5. The summed E-state index contributed by atoms with van der Waals surface area (Å²) in [4.78, 5) is 10.8. The first-order valence-electron chi connectivity index (χ1n) is 6.00. The van der Waals surface area contributed by atoms with Crippen LogP contribution in [-0.2, 0) is 6.54 Å². The van der Waals surface area contributed by atoms with E-state index in [1.165, 1.54) is 0 Å². The van der Waals surface area contributed by atoms with Crippen molar-refractivity contribution in [2.24, 2.45) is 5.92 Å². The van der Waals surface area contributed by atoms with E-state index in [4.69, 9.17) is 9.84 Å². The van der Waals surface area contributed by atoms with Crippen LogP contribution in [0.15, 0.2) is 12.4 Å². The number of ether oxygens (including phenoxy) is 1. The molecule has 0 unspecified atom stereocenters. The molecule has 1 aromatic heterocycles. The molecule has 0 aliphatic carbocycles. The fourth-order valence-electron chi connectivity index (χ4n) is 2.17. The number of methoxy groups -OCH3 is 1. The lowest BCUT2D eigenvalue weighted by Crippen LogP contribution is -2.34. The molecule has 1 saturated heterocycles. The summed E-state index contributed by atoms with van der Waals surface area (Å²) in [5.74, 6) is 1.08. The number of aliphatic hydroxyl groups is 1. The fourth-order valence-corrected chi connectivity index (χ4v) is 2.17. The van der Waals surface area contributed by atoms with E-state index in [1.54, 1.807) is 19.5 Å². The molecule has 2 rings (SSSR count). The van der Waals surface area contributed by atoms with Crippen LogP contribution in [0, 0.1) is 5.92 Å². The van der Waals surface area contributed by atoms with Gasteiger partial charge in [0.15, 0.2) is 0 Å². The van der Waals surface area contributed by atoms with Crippen LogP contribution >= 0.6 is 0 Å². The van der Waals surface area contributed by atoms with Gasteiger partial charge in [0, 0.05) is 25.5 Å². The van der Waals surface area contributed by atoms with Gasteiger partial charge in [0.25, 0.3) is 0 Å². The standard InChI is InChI=1S/C12H19N3O2/c1-17-12-11(13-4-5-14-12)8-15-6-2-10(9-16)3-7-15/h4-5,10,16H,2-3,6-9H2,1H3. The van der Waals surface area contributed by atoms with Gasteiger partial charge in [-0.1, -0.05) is 0 Å². The fraction of sp³-hybridized carbons (Fsp3) is 0.667. The van der Waals surface area contributed by atoms with Gasteiger partial charge < -0.3 is 9.84 Å². The SMILES string of the molecule is COc1nccnc1CN1CCC(CO)CC1. The first kappa shape index (κ1) is 12.3. The molecule has 5 heteroatoms. The Bertz CT molecular complexity index is 351. The molecule has 0 amide bonds. The van der Waals surface area contributed by atoms with Gasteiger partial charge in [0.05, 0.1) is 7.11 Å². The summed E-state index contributed by atoms with van der Waals surface area (Å²) < 4.78 is 5.19. The van der Waals surface area contributed by atoms with Crippen LogP contribution in [0.4, 0.5) is 0 Å². The summed E-state index contributed by atoms with van der Waals surface area (Å²) in [6.45, 7) is 3.09. The molecule has 0 radical (unpaired) electrons. The lowest BCUT2D eigenvalue weighted by atomic mass is 9.98. The van der Waals surface area contributed by atoms with E-state index >= 15 is 0 Å². The molecule has 0 bridgehead atoms. The summed E-state index contributed by atoms with van der Waals surface area (Å²) in [7, 11) is 1.62. The highest BCUT2D eigenvalue weighted by molar-refractivity contribution is 5.16. The van der Waals surface area contributed by atoms with Crippen molar-refractivity contribution in [3.8, 4) is 5.88 Å². The third-order valence-corrected chi connectivity index (χ3v) is 3.27. The first-order valence-corrected chi connectivity index (χ1v) is 6.00. The number of nitrogens with zero attached hydrogens (tertiary/aromatic N) is 3. The molecular formula is C12H19N3O2. The Hall–Kier alpha value is -1.20. The predicted molar refractivity (Wildman–Crippen MR) is 63.7 cm³/mol. The van der Waals surface area contributed by atoms with Crippen molar-refractivity contribution < 1.29 is 9.84 Å². The quantitative estimate of drug-likeness (QED) is 0.835. The maximum atomic E-state index is 9.09. The Labute approximate surface area is 101 Å². The summed E-state index contributed by atoms with van der Waals surface area (Å²) in [6, 6.07) is 0. The van der Waals surface area contributed by atoms with Gasteiger partial charge in [-0.15, -0.1) is 0 Å². The Balaban J connectivity index is 1.93. The van der Waals surface area contributed by atoms with E-state index < -0.39 is 0 Å². The lowest BCUT2D eigenvalue weighted by Gasteiger charge is -2.30. The van der Waals surface area contributed by atoms with Gasteiger partial charge in [0.2, 0.25) is 5.88 Å². The van der Waals surface area contributed by atoms with Gasteiger partial charge in [0.1, 0.15) is 5.69 Å². The second-order valence-corrected chi connectivity index (χ2v) is 4.41. The van der Waals surface area contributed by atoms with Crippen molar-refractivity contribution in [3.05, 3.63) is 18.1 Å². The van der Waals surface area contributed by atoms with Crippen molar-refractivity contribution in [2.45, 2.75) is 19.4 Å². The molecule has 5 nitrogen and oxygen atoms in total. The molecule has 1 N–H and O–H groups in total. The molecule has 1 aromatic rings. The van der Waals surface area contributed by atoms with E-state index in [0.717, 1.165) is 38.2 Å². The Kier molecular flexibility index (Phi) is 4.28. The van der Waals surface area contributed by atoms with Crippen LogP contribution in [0.25, 0.3) is 0 Å². The smallest absolute Gasteiger partial charge is 0.236 e. The van der Waals surface area contributed by atoms with Crippen molar-refractivity contribution in [3.63, 3.8) is 0 Å². The zero-order valence-corrected chi connectivity index (χ0v) is 10.2. The van der Waals surface area contributed by atoms with Crippen molar-refractivity contribution >= 4 is 0 Å². The van der Waals surface area contributed by atoms with Crippen LogP contribution in [0.2, 0.25) is 0 Å². The zero-order valence-electron chi connectivity index (χ0n) is 10.2. The van der Waals surface area contributed by atoms with Gasteiger partial charge >= 0.3 is 0 Å². The summed E-state index contributed by atoms with van der Waals surface area (Å²) >= 11 is 0. The molecule has 1 aliphatic heterocycles. The molecule has 1 aliphatic rings. The number of hydrogen-bond donors (Lipinski definition) is 1. The molecule has 0 aromatic carbocycles. The average molecular weight is 237 g/mol. The zero-order chi connectivity index (χ0) is 12.1. The van der Waals surface area contributed by atoms with E-state index in [0.29, 0.717) is 18.4 Å². The molecule has 1 fully saturated rings. The normalized spacial score (nSPS) is 18.2. The Morgan fingerprint density at radius 2 is 2.06 bits per heavy atom. The Morgan fingerprint density at radius 1 is 1.35 bits per heavy atom. The summed E-state index contributed by atoms with van der Waals surface area (Å²) in [6.07, 6.45) is 5.44. The van der Waals surface area contributed by atoms with Crippen LogP contribution in [0.3, 0.4) is 0 Å². The van der Waals surface area contributed by atoms with Gasteiger partial charge in [-0.25, -0.2) is 4.98 Å². The maximum absolute atomic E-state index is 9.09. The number of likely N-dealkylation sites (tertiary alicyclic amines) is 1. The predicted octanol–water partition coefficient (Wildman–Crippen LogP) is 0.689. The number of rotatable bonds is 4. The van der Waals surface area contributed by atoms with Crippen molar-refractivity contribution in [1.29, 1.82) is 0 Å². The molecule has 0 spiro atoms. The van der Waals surface area contributed by atoms with Gasteiger partial charge in [-0.2, -0.15) is 0 Å². The average Bonchev–Trinajstić information content (AvgIpc) is 2.40. The minimum atomic E-state index is 0.308. The summed E-state index contributed by atoms with van der Waals surface area (Å²) in [5.41, 5.74) is 0.887. The van der Waals surface area contributed by atoms with E-state index in [2.05, 4.69) is 14.9 Å². The largest absolute Gasteiger partial charge is 0.480 e. The molecule has 94 valence electrons. The first-order chi connectivity index (χ1) is 8.33. The second-order valence-electron chi connectivity index (χ2n) is 4.41. The highest BCUT2D eigenvalue weighted by Crippen LogP contribution is 2.20. The number of aliphatic hydroxyl groups excluding tert-OH is 1. The lowest BCUT2D eigenvalue weighted by molar-refractivity contribution is 0.125. The van der Waals surface area contributed by atoms with Crippen molar-refractivity contribution in [2.75, 3.05) is 26.8 Å². The van der Waals surface area contributed by atoms with Gasteiger partial charge in [-0.3, -0.25) is 9.88 Å². The molecule has 17 heavy (non-hydrogen) atoms.